The third kappa shape index (κ3) is 9.50. The zero-order valence-corrected chi connectivity index (χ0v) is 23.7. The van der Waals surface area contributed by atoms with Gasteiger partial charge in [-0.15, -0.1) is 0 Å². The van der Waals surface area contributed by atoms with Crippen LogP contribution in [0.1, 0.15) is 30.3 Å². The molecule has 7 atom stereocenters. The van der Waals surface area contributed by atoms with Gasteiger partial charge in [-0.25, -0.2) is 19.6 Å². The number of imidazole rings is 2. The molecule has 1 aliphatic heterocycles. The highest BCUT2D eigenvalue weighted by Crippen LogP contribution is 2.17. The van der Waals surface area contributed by atoms with Crippen molar-refractivity contribution in [1.82, 2.24) is 46.5 Å². The Labute approximate surface area is 253 Å². The number of halogens is 1. The largest absolute Gasteiger partial charge is 0.480 e. The van der Waals surface area contributed by atoms with Crippen molar-refractivity contribution in [2.75, 3.05) is 18.8 Å². The Morgan fingerprint density at radius 1 is 1.05 bits per heavy atom. The smallest absolute Gasteiger partial charge is 0.329 e. The fourth-order valence-corrected chi connectivity index (χ4v) is 4.53. The Morgan fingerprint density at radius 2 is 1.75 bits per heavy atom. The lowest BCUT2D eigenvalue weighted by molar-refractivity contribution is -0.146. The molecular weight excluding hydrogens is 610 g/mol. The van der Waals surface area contributed by atoms with Gasteiger partial charge in [-0.05, 0) is 24.6 Å². The number of nitrogens with zero attached hydrogens (tertiary/aromatic N) is 2. The summed E-state index contributed by atoms with van der Waals surface area (Å²) in [6, 6.07) is -7.01. The first-order valence-electron chi connectivity index (χ1n) is 13.2. The second kappa shape index (κ2) is 15.3. The number of aliphatic carboxylic acids is 1. The molecule has 0 unspecified atom stereocenters. The van der Waals surface area contributed by atoms with E-state index in [-0.39, 0.29) is 42.0 Å². The van der Waals surface area contributed by atoms with Gasteiger partial charge in [0.05, 0.1) is 30.3 Å². The molecule has 2 aromatic heterocycles. The zero-order valence-electron chi connectivity index (χ0n) is 23.0. The highest BCUT2D eigenvalue weighted by molar-refractivity contribution is 6.28. The second-order valence-electron chi connectivity index (χ2n) is 9.94. The molecule has 5 amide bonds. The van der Waals surface area contributed by atoms with E-state index in [1.165, 1.54) is 6.20 Å². The number of carboxylic acid groups (broad SMARTS) is 1. The molecule has 1 saturated heterocycles. The van der Waals surface area contributed by atoms with Gasteiger partial charge in [-0.1, -0.05) is 0 Å². The Bertz CT molecular complexity index is 1340. The molecule has 0 saturated carbocycles. The summed E-state index contributed by atoms with van der Waals surface area (Å²) in [7, 11) is 0. The van der Waals surface area contributed by atoms with Crippen molar-refractivity contribution in [3.8, 4) is 0 Å². The van der Waals surface area contributed by atoms with Crippen molar-refractivity contribution in [2.24, 2.45) is 5.73 Å². The van der Waals surface area contributed by atoms with Gasteiger partial charge < -0.3 is 68.4 Å². The summed E-state index contributed by atoms with van der Waals surface area (Å²) in [6.45, 7) is -0.0510. The molecule has 2 aromatic rings. The lowest BCUT2D eigenvalue weighted by Gasteiger charge is -2.27. The monoisotopic (exact) mass is 643 g/mol. The fraction of sp³-hybridized carbons (Fsp3) is 0.522. The van der Waals surface area contributed by atoms with Gasteiger partial charge in [0.15, 0.2) is 17.3 Å². The minimum atomic E-state index is -1.93. The van der Waals surface area contributed by atoms with Crippen LogP contribution in [0.25, 0.3) is 0 Å². The van der Waals surface area contributed by atoms with Crippen LogP contribution in [0, 0.1) is 0 Å². The molecule has 0 spiro atoms. The number of amides is 5. The normalized spacial score (nSPS) is 19.6. The van der Waals surface area contributed by atoms with Crippen molar-refractivity contribution in [1.29, 1.82) is 0 Å². The second-order valence-corrected chi connectivity index (χ2v) is 10.3. The van der Waals surface area contributed by atoms with Crippen LogP contribution in [0.2, 0.25) is 5.28 Å². The number of aromatic nitrogens is 4. The predicted molar refractivity (Wildman–Crippen MR) is 149 cm³/mol. The molecule has 15 N–H and O–H groups in total. The number of carboxylic acids is 1. The molecule has 3 heterocycles. The lowest BCUT2D eigenvalue weighted by atomic mass is 10.0. The third-order valence-corrected chi connectivity index (χ3v) is 6.78. The van der Waals surface area contributed by atoms with Gasteiger partial charge in [0.25, 0.3) is 0 Å². The summed E-state index contributed by atoms with van der Waals surface area (Å²) in [5, 5.41) is 52.6. The van der Waals surface area contributed by atoms with E-state index >= 15 is 0 Å². The van der Waals surface area contributed by atoms with Crippen LogP contribution in [-0.2, 0) is 25.6 Å². The van der Waals surface area contributed by atoms with Gasteiger partial charge in [-0.2, -0.15) is 0 Å². The molecule has 1 fully saturated rings. The van der Waals surface area contributed by atoms with Crippen molar-refractivity contribution < 1.29 is 44.4 Å². The number of aromatic amines is 2. The van der Waals surface area contributed by atoms with Crippen LogP contribution < -0.4 is 38.1 Å². The Morgan fingerprint density at radius 3 is 2.30 bits per heavy atom. The number of nitrogen functional groups attached to an aromatic ring is 1. The van der Waals surface area contributed by atoms with Gasteiger partial charge >= 0.3 is 12.0 Å². The van der Waals surface area contributed by atoms with Crippen LogP contribution in [0.5, 0.6) is 0 Å². The van der Waals surface area contributed by atoms with E-state index in [1.54, 1.807) is 0 Å². The number of hydrogen-bond acceptors (Lipinski definition) is 12. The van der Waals surface area contributed by atoms with E-state index in [9.17, 15) is 44.4 Å². The lowest BCUT2D eigenvalue weighted by Crippen LogP contribution is -2.59. The van der Waals surface area contributed by atoms with Crippen molar-refractivity contribution in [3.05, 3.63) is 29.1 Å². The molecule has 44 heavy (non-hydrogen) atoms. The first kappa shape index (κ1) is 34.0. The Balaban J connectivity index is 1.83. The third-order valence-electron chi connectivity index (χ3n) is 6.59. The molecule has 0 aliphatic carbocycles. The van der Waals surface area contributed by atoms with Crippen molar-refractivity contribution in [3.63, 3.8) is 0 Å². The molecule has 21 heteroatoms. The summed E-state index contributed by atoms with van der Waals surface area (Å²) in [5.74, 6) is -4.50. The van der Waals surface area contributed by atoms with Gasteiger partial charge in [0.2, 0.25) is 17.7 Å². The number of aliphatic hydroxyl groups is 3. The molecule has 0 bridgehead atoms. The first-order chi connectivity index (χ1) is 20.7. The number of nitrogens with two attached hydrogens (primary N) is 2. The van der Waals surface area contributed by atoms with Crippen molar-refractivity contribution >= 4 is 47.3 Å². The van der Waals surface area contributed by atoms with Crippen LogP contribution in [-0.4, -0.2) is 120 Å². The number of rotatable bonds is 15. The van der Waals surface area contributed by atoms with E-state index in [2.05, 4.69) is 46.5 Å². The number of nitrogens with one attached hydrogen (secondary N) is 7. The SMILES string of the molecule is NC(=O)NC[C@@H](O)C[C@H](NC(=O)[C@H]1NCC[C@H]1O)C(=O)N[C@@H](Cc1cnc(N)[nH]1)C(=O)N[C@H](C(=O)O)[C@H](O)c1cnc(Cl)[nH]1. The number of H-pyrrole nitrogens is 2. The summed E-state index contributed by atoms with van der Waals surface area (Å²) in [5.41, 5.74) is 10.8. The maximum absolute atomic E-state index is 13.5. The number of anilines is 1. The van der Waals surface area contributed by atoms with Gasteiger partial charge in [0.1, 0.15) is 24.2 Å². The highest BCUT2D eigenvalue weighted by Gasteiger charge is 2.37. The number of aliphatic hydroxyl groups excluding tert-OH is 3. The molecule has 1 aliphatic rings. The van der Waals surface area contributed by atoms with Gasteiger partial charge in [0, 0.05) is 25.1 Å². The maximum Gasteiger partial charge on any atom is 0.329 e. The van der Waals surface area contributed by atoms with Crippen LogP contribution in [0.15, 0.2) is 12.4 Å². The number of carbonyl (C=O) groups is 5. The minimum Gasteiger partial charge on any atom is -0.480 e. The average Bonchev–Trinajstić information content (AvgIpc) is 3.70. The van der Waals surface area contributed by atoms with Crippen LogP contribution in [0.3, 0.4) is 0 Å². The van der Waals surface area contributed by atoms with E-state index < -0.39 is 78.6 Å². The average molecular weight is 644 g/mol. The van der Waals surface area contributed by atoms with E-state index in [4.69, 9.17) is 23.1 Å². The maximum atomic E-state index is 13.5. The molecule has 0 aromatic carbocycles. The number of hydrogen-bond donors (Lipinski definition) is 13. The van der Waals surface area contributed by atoms with Crippen LogP contribution >= 0.6 is 11.6 Å². The summed E-state index contributed by atoms with van der Waals surface area (Å²) >= 11 is 5.71. The molecule has 20 nitrogen and oxygen atoms in total. The molecule has 242 valence electrons. The first-order valence-corrected chi connectivity index (χ1v) is 13.6. The number of carbonyl (C=O) groups excluding carboxylic acids is 4. The molecule has 3 rings (SSSR count). The summed E-state index contributed by atoms with van der Waals surface area (Å²) in [4.78, 5) is 75.4. The van der Waals surface area contributed by atoms with Crippen molar-refractivity contribution in [2.45, 2.75) is 61.7 Å². The van der Waals surface area contributed by atoms with Crippen LogP contribution in [0.4, 0.5) is 10.7 Å². The van der Waals surface area contributed by atoms with E-state index in [0.717, 1.165) is 6.20 Å². The highest BCUT2D eigenvalue weighted by atomic mass is 35.5. The fourth-order valence-electron chi connectivity index (χ4n) is 4.37. The number of urea groups is 1. The van der Waals surface area contributed by atoms with Gasteiger partial charge in [-0.3, -0.25) is 14.4 Å². The number of primary amides is 1. The predicted octanol–water partition coefficient (Wildman–Crippen LogP) is -4.67. The quantitative estimate of drug-likeness (QED) is 0.0868. The topological polar surface area (TPSA) is 336 Å². The van der Waals surface area contributed by atoms with E-state index in [0.29, 0.717) is 6.54 Å². The minimum absolute atomic E-state index is 0.0155. The standard InChI is InChI=1S/C23H34ClN11O9/c24-21-28-7-12(34-21)16(38)15(20(42)43)35-18(40)10(3-8-5-29-22(25)31-8)32-17(39)11(4-9(36)6-30-23(26)44)33-19(41)14-13(37)1-2-27-14/h5,7,9-11,13-16,27,36-38H,1-4,6H2,(H,28,34)(H,32,39)(H,33,41)(H,35,40)(H,42,43)(H3,25,29,31)(H3,26,30,44)/t9-,10-,11-,13+,14-,15-,16+/m0/s1. The zero-order chi connectivity index (χ0) is 32.6. The molecule has 0 radical (unpaired) electrons. The molecular formula is C23H34ClN11O9. The summed E-state index contributed by atoms with van der Waals surface area (Å²) in [6.07, 6.45) is -2.44. The van der Waals surface area contributed by atoms with E-state index in [1.807, 2.05) is 0 Å². The Kier molecular flexibility index (Phi) is 11.8. The summed E-state index contributed by atoms with van der Waals surface area (Å²) < 4.78 is 0. The Hall–Kier alpha value is -4.50.